The first kappa shape index (κ1) is 19.9. The van der Waals surface area contributed by atoms with Crippen molar-refractivity contribution in [2.45, 2.75) is 25.8 Å². The molecular formula is C21H28N2O3S. The predicted molar refractivity (Wildman–Crippen MR) is 108 cm³/mol. The molecule has 1 amide bonds. The Morgan fingerprint density at radius 1 is 1.19 bits per heavy atom. The zero-order chi connectivity index (χ0) is 19.1. The fourth-order valence-corrected chi connectivity index (χ4v) is 3.88. The maximum absolute atomic E-state index is 12.3. The molecule has 1 aliphatic heterocycles. The van der Waals surface area contributed by atoms with Crippen LogP contribution in [0.4, 0.5) is 0 Å². The second-order valence-corrected chi connectivity index (χ2v) is 7.82. The monoisotopic (exact) mass is 388 g/mol. The van der Waals surface area contributed by atoms with Crippen molar-refractivity contribution in [3.8, 4) is 5.75 Å². The Morgan fingerprint density at radius 2 is 1.93 bits per heavy atom. The SMILES string of the molecule is CC(C)c1ccc(OCC(=O)NCC(c2ccsc2)N2CCOCC2)cc1. The van der Waals surface area contributed by atoms with Gasteiger partial charge in [0.05, 0.1) is 19.3 Å². The molecule has 0 spiro atoms. The third-order valence-corrected chi connectivity index (χ3v) is 5.53. The lowest BCUT2D eigenvalue weighted by Gasteiger charge is -2.34. The van der Waals surface area contributed by atoms with Crippen LogP contribution >= 0.6 is 11.3 Å². The number of nitrogens with one attached hydrogen (secondary N) is 1. The van der Waals surface area contributed by atoms with Crippen LogP contribution in [0.25, 0.3) is 0 Å². The smallest absolute Gasteiger partial charge is 0.258 e. The van der Waals surface area contributed by atoms with Crippen LogP contribution in [0.2, 0.25) is 0 Å². The van der Waals surface area contributed by atoms with Crippen molar-refractivity contribution < 1.29 is 14.3 Å². The maximum atomic E-state index is 12.3. The van der Waals surface area contributed by atoms with Gasteiger partial charge < -0.3 is 14.8 Å². The Bertz CT molecular complexity index is 695. The van der Waals surface area contributed by atoms with E-state index in [2.05, 4.69) is 40.9 Å². The van der Waals surface area contributed by atoms with Crippen LogP contribution in [-0.4, -0.2) is 50.3 Å². The van der Waals surface area contributed by atoms with Gasteiger partial charge in [0, 0.05) is 19.6 Å². The van der Waals surface area contributed by atoms with Gasteiger partial charge in [0.2, 0.25) is 0 Å². The summed E-state index contributed by atoms with van der Waals surface area (Å²) in [6, 6.07) is 10.2. The zero-order valence-corrected chi connectivity index (χ0v) is 16.8. The van der Waals surface area contributed by atoms with E-state index in [1.807, 2.05) is 24.3 Å². The molecule has 27 heavy (non-hydrogen) atoms. The lowest BCUT2D eigenvalue weighted by Crippen LogP contribution is -2.44. The first-order valence-electron chi connectivity index (χ1n) is 9.47. The molecule has 0 aliphatic carbocycles. The quantitative estimate of drug-likeness (QED) is 0.753. The summed E-state index contributed by atoms with van der Waals surface area (Å²) >= 11 is 1.68. The molecule has 1 N–H and O–H groups in total. The molecule has 2 heterocycles. The first-order chi connectivity index (χ1) is 13.1. The van der Waals surface area contributed by atoms with Gasteiger partial charge in [0.1, 0.15) is 5.75 Å². The average molecular weight is 389 g/mol. The summed E-state index contributed by atoms with van der Waals surface area (Å²) in [6.07, 6.45) is 0. The minimum absolute atomic E-state index is 0.0283. The number of rotatable bonds is 8. The van der Waals surface area contributed by atoms with Gasteiger partial charge in [-0.3, -0.25) is 9.69 Å². The average Bonchev–Trinajstić information content (AvgIpc) is 3.22. The van der Waals surface area contributed by atoms with Crippen LogP contribution in [0.3, 0.4) is 0 Å². The lowest BCUT2D eigenvalue weighted by molar-refractivity contribution is -0.123. The molecule has 3 rings (SSSR count). The summed E-state index contributed by atoms with van der Waals surface area (Å²) in [7, 11) is 0. The number of hydrogen-bond acceptors (Lipinski definition) is 5. The molecule has 5 nitrogen and oxygen atoms in total. The number of ether oxygens (including phenoxy) is 2. The number of carbonyl (C=O) groups excluding carboxylic acids is 1. The molecule has 1 aliphatic rings. The Kier molecular flexibility index (Phi) is 7.26. The summed E-state index contributed by atoms with van der Waals surface area (Å²) in [5, 5.41) is 7.26. The highest BCUT2D eigenvalue weighted by Gasteiger charge is 2.23. The summed E-state index contributed by atoms with van der Waals surface area (Å²) in [5.41, 5.74) is 2.50. The number of thiophene rings is 1. The van der Waals surface area contributed by atoms with E-state index in [0.717, 1.165) is 32.1 Å². The second-order valence-electron chi connectivity index (χ2n) is 7.04. The van der Waals surface area contributed by atoms with Gasteiger partial charge >= 0.3 is 0 Å². The Labute approximate surface area is 165 Å². The van der Waals surface area contributed by atoms with Gasteiger partial charge in [-0.1, -0.05) is 26.0 Å². The van der Waals surface area contributed by atoms with Crippen molar-refractivity contribution >= 4 is 17.2 Å². The molecular weight excluding hydrogens is 360 g/mol. The van der Waals surface area contributed by atoms with Gasteiger partial charge in [-0.05, 0) is 46.0 Å². The molecule has 1 unspecified atom stereocenters. The van der Waals surface area contributed by atoms with E-state index in [0.29, 0.717) is 12.5 Å². The highest BCUT2D eigenvalue weighted by molar-refractivity contribution is 7.07. The van der Waals surface area contributed by atoms with Gasteiger partial charge in [-0.2, -0.15) is 11.3 Å². The highest BCUT2D eigenvalue weighted by atomic mass is 32.1. The summed E-state index contributed by atoms with van der Waals surface area (Å²) in [6.45, 7) is 8.16. The van der Waals surface area contributed by atoms with Gasteiger partial charge in [-0.15, -0.1) is 0 Å². The summed E-state index contributed by atoms with van der Waals surface area (Å²) < 4.78 is 11.1. The fraction of sp³-hybridized carbons (Fsp3) is 0.476. The van der Waals surface area contributed by atoms with E-state index < -0.39 is 0 Å². The van der Waals surface area contributed by atoms with Crippen LogP contribution in [0.15, 0.2) is 41.1 Å². The van der Waals surface area contributed by atoms with Crippen molar-refractivity contribution in [3.05, 3.63) is 52.2 Å². The van der Waals surface area contributed by atoms with E-state index >= 15 is 0 Å². The minimum Gasteiger partial charge on any atom is -0.484 e. The van der Waals surface area contributed by atoms with E-state index in [9.17, 15) is 4.79 Å². The second kappa shape index (κ2) is 9.88. The molecule has 0 bridgehead atoms. The van der Waals surface area contributed by atoms with Crippen LogP contribution in [-0.2, 0) is 9.53 Å². The van der Waals surface area contributed by atoms with Crippen LogP contribution in [0.1, 0.15) is 36.9 Å². The molecule has 1 saturated heterocycles. The van der Waals surface area contributed by atoms with Gasteiger partial charge in [-0.25, -0.2) is 0 Å². The molecule has 1 aromatic carbocycles. The molecule has 1 atom stereocenters. The van der Waals surface area contributed by atoms with Gasteiger partial charge in [0.15, 0.2) is 6.61 Å². The van der Waals surface area contributed by atoms with Crippen LogP contribution < -0.4 is 10.1 Å². The lowest BCUT2D eigenvalue weighted by atomic mass is 10.0. The van der Waals surface area contributed by atoms with Crippen molar-refractivity contribution in [2.75, 3.05) is 39.5 Å². The van der Waals surface area contributed by atoms with E-state index in [1.165, 1.54) is 11.1 Å². The third kappa shape index (κ3) is 5.79. The molecule has 0 radical (unpaired) electrons. The normalized spacial score (nSPS) is 16.3. The van der Waals surface area contributed by atoms with E-state index in [-0.39, 0.29) is 18.6 Å². The predicted octanol–water partition coefficient (Wildman–Crippen LogP) is 3.44. The van der Waals surface area contributed by atoms with E-state index in [4.69, 9.17) is 9.47 Å². The molecule has 0 saturated carbocycles. The van der Waals surface area contributed by atoms with Crippen molar-refractivity contribution in [2.24, 2.45) is 0 Å². The standard InChI is InChI=1S/C21H28N2O3S/c1-16(2)17-3-5-19(6-4-17)26-14-21(24)22-13-20(18-7-12-27-15-18)23-8-10-25-11-9-23/h3-7,12,15-16,20H,8-11,13-14H2,1-2H3,(H,22,24). The topological polar surface area (TPSA) is 50.8 Å². The van der Waals surface area contributed by atoms with Crippen LogP contribution in [0.5, 0.6) is 5.75 Å². The summed E-state index contributed by atoms with van der Waals surface area (Å²) in [5.74, 6) is 1.10. The molecule has 6 heteroatoms. The molecule has 1 aromatic heterocycles. The number of nitrogens with zero attached hydrogens (tertiary/aromatic N) is 1. The zero-order valence-electron chi connectivity index (χ0n) is 16.0. The Morgan fingerprint density at radius 3 is 2.56 bits per heavy atom. The molecule has 146 valence electrons. The molecule has 1 fully saturated rings. The highest BCUT2D eigenvalue weighted by Crippen LogP contribution is 2.23. The van der Waals surface area contributed by atoms with Gasteiger partial charge in [0.25, 0.3) is 5.91 Å². The maximum Gasteiger partial charge on any atom is 0.258 e. The minimum atomic E-state index is -0.101. The Balaban J connectivity index is 1.50. The van der Waals surface area contributed by atoms with Crippen LogP contribution in [0, 0.1) is 0 Å². The van der Waals surface area contributed by atoms with Crippen molar-refractivity contribution in [1.82, 2.24) is 10.2 Å². The largest absolute Gasteiger partial charge is 0.484 e. The van der Waals surface area contributed by atoms with Crippen molar-refractivity contribution in [3.63, 3.8) is 0 Å². The molecule has 2 aromatic rings. The number of carbonyl (C=O) groups is 1. The Hall–Kier alpha value is -1.89. The summed E-state index contributed by atoms with van der Waals surface area (Å²) in [4.78, 5) is 14.6. The first-order valence-corrected chi connectivity index (χ1v) is 10.4. The third-order valence-electron chi connectivity index (χ3n) is 4.82. The number of hydrogen-bond donors (Lipinski definition) is 1. The number of amides is 1. The van der Waals surface area contributed by atoms with Crippen molar-refractivity contribution in [1.29, 1.82) is 0 Å². The number of morpholine rings is 1. The van der Waals surface area contributed by atoms with E-state index in [1.54, 1.807) is 11.3 Å². The number of benzene rings is 1. The fourth-order valence-electron chi connectivity index (χ4n) is 3.17.